The molecule has 0 saturated carbocycles. The van der Waals surface area contributed by atoms with Crippen molar-refractivity contribution in [2.75, 3.05) is 26.7 Å². The molecule has 1 aliphatic rings. The fourth-order valence-electron chi connectivity index (χ4n) is 2.73. The van der Waals surface area contributed by atoms with Crippen molar-refractivity contribution in [3.8, 4) is 5.75 Å². The van der Waals surface area contributed by atoms with E-state index in [9.17, 15) is 4.79 Å². The second kappa shape index (κ2) is 8.67. The third kappa shape index (κ3) is 5.76. The van der Waals surface area contributed by atoms with E-state index in [4.69, 9.17) is 4.74 Å². The Morgan fingerprint density at radius 3 is 3.14 bits per heavy atom. The van der Waals surface area contributed by atoms with Gasteiger partial charge >= 0.3 is 0 Å². The van der Waals surface area contributed by atoms with Crippen molar-refractivity contribution in [1.82, 2.24) is 10.6 Å². The van der Waals surface area contributed by atoms with Gasteiger partial charge in [0, 0.05) is 13.0 Å². The van der Waals surface area contributed by atoms with Gasteiger partial charge < -0.3 is 15.4 Å². The molecule has 116 valence electrons. The number of benzene rings is 1. The lowest BCUT2D eigenvalue weighted by molar-refractivity contribution is -0.121. The fraction of sp³-hybridized carbons (Fsp3) is 0.588. The van der Waals surface area contributed by atoms with Crippen LogP contribution in [-0.4, -0.2) is 32.7 Å². The maximum Gasteiger partial charge on any atom is 0.220 e. The maximum absolute atomic E-state index is 11.8. The van der Waals surface area contributed by atoms with Crippen molar-refractivity contribution in [3.05, 3.63) is 29.8 Å². The number of ether oxygens (including phenoxy) is 1. The monoisotopic (exact) mass is 290 g/mol. The molecule has 4 nitrogen and oxygen atoms in total. The standard InChI is InChI=1S/C17H26N2O2/c1-21-16-6-2-4-14(12-16)5-3-10-19-17(20)8-7-15-9-11-18-13-15/h2,4,6,12,15,18H,3,5,7-11,13H2,1H3,(H,19,20). The zero-order chi connectivity index (χ0) is 14.9. The van der Waals surface area contributed by atoms with Crippen molar-refractivity contribution < 1.29 is 9.53 Å². The molecule has 0 spiro atoms. The molecule has 0 aliphatic carbocycles. The van der Waals surface area contributed by atoms with Crippen LogP contribution in [0.15, 0.2) is 24.3 Å². The van der Waals surface area contributed by atoms with E-state index < -0.39 is 0 Å². The molecule has 1 atom stereocenters. The van der Waals surface area contributed by atoms with E-state index in [0.29, 0.717) is 12.3 Å². The summed E-state index contributed by atoms with van der Waals surface area (Å²) in [6, 6.07) is 8.10. The first-order valence-corrected chi connectivity index (χ1v) is 7.88. The van der Waals surface area contributed by atoms with Crippen LogP contribution in [-0.2, 0) is 11.2 Å². The van der Waals surface area contributed by atoms with Gasteiger partial charge in [0.25, 0.3) is 0 Å². The molecule has 2 rings (SSSR count). The molecule has 1 saturated heterocycles. The number of amides is 1. The molecule has 4 heteroatoms. The van der Waals surface area contributed by atoms with E-state index in [1.807, 2.05) is 12.1 Å². The van der Waals surface area contributed by atoms with Crippen LogP contribution in [0.2, 0.25) is 0 Å². The smallest absolute Gasteiger partial charge is 0.220 e. The zero-order valence-corrected chi connectivity index (χ0v) is 12.9. The number of carbonyl (C=O) groups is 1. The number of rotatable bonds is 8. The molecular weight excluding hydrogens is 264 g/mol. The van der Waals surface area contributed by atoms with Gasteiger partial charge in [0.15, 0.2) is 0 Å². The number of aryl methyl sites for hydroxylation is 1. The minimum Gasteiger partial charge on any atom is -0.497 e. The SMILES string of the molecule is COc1cccc(CCCNC(=O)CCC2CCNC2)c1. The molecule has 21 heavy (non-hydrogen) atoms. The highest BCUT2D eigenvalue weighted by molar-refractivity contribution is 5.75. The number of hydrogen-bond acceptors (Lipinski definition) is 3. The van der Waals surface area contributed by atoms with Gasteiger partial charge in [-0.25, -0.2) is 0 Å². The summed E-state index contributed by atoms with van der Waals surface area (Å²) >= 11 is 0. The van der Waals surface area contributed by atoms with Gasteiger partial charge in [0.2, 0.25) is 5.91 Å². The normalized spacial score (nSPS) is 17.7. The van der Waals surface area contributed by atoms with Crippen LogP contribution in [0, 0.1) is 5.92 Å². The van der Waals surface area contributed by atoms with Crippen LogP contribution < -0.4 is 15.4 Å². The molecule has 0 aromatic heterocycles. The summed E-state index contributed by atoms with van der Waals surface area (Å²) in [7, 11) is 1.68. The van der Waals surface area contributed by atoms with Gasteiger partial charge in [0.05, 0.1) is 7.11 Å². The Kier molecular flexibility index (Phi) is 6.54. The summed E-state index contributed by atoms with van der Waals surface area (Å²) < 4.78 is 5.21. The Morgan fingerprint density at radius 2 is 2.38 bits per heavy atom. The van der Waals surface area contributed by atoms with E-state index in [-0.39, 0.29) is 5.91 Å². The maximum atomic E-state index is 11.8. The molecule has 1 aromatic rings. The number of nitrogens with one attached hydrogen (secondary N) is 2. The van der Waals surface area contributed by atoms with Gasteiger partial charge in [0.1, 0.15) is 5.75 Å². The molecule has 0 radical (unpaired) electrons. The molecule has 1 heterocycles. The molecule has 1 unspecified atom stereocenters. The first-order chi connectivity index (χ1) is 10.3. The minimum absolute atomic E-state index is 0.188. The van der Waals surface area contributed by atoms with Crippen LogP contribution >= 0.6 is 0 Å². The van der Waals surface area contributed by atoms with Crippen LogP contribution in [0.25, 0.3) is 0 Å². The van der Waals surface area contributed by atoms with Crippen molar-refractivity contribution >= 4 is 5.91 Å². The summed E-state index contributed by atoms with van der Waals surface area (Å²) in [4.78, 5) is 11.8. The molecule has 1 aromatic carbocycles. The minimum atomic E-state index is 0.188. The van der Waals surface area contributed by atoms with Gasteiger partial charge in [-0.3, -0.25) is 4.79 Å². The first kappa shape index (κ1) is 15.8. The third-order valence-corrected chi connectivity index (χ3v) is 4.04. The summed E-state index contributed by atoms with van der Waals surface area (Å²) in [5.74, 6) is 1.77. The van der Waals surface area contributed by atoms with E-state index in [1.165, 1.54) is 12.0 Å². The molecule has 2 N–H and O–H groups in total. The van der Waals surface area contributed by atoms with Crippen LogP contribution in [0.1, 0.15) is 31.2 Å². The second-order valence-electron chi connectivity index (χ2n) is 5.70. The molecule has 1 amide bonds. The first-order valence-electron chi connectivity index (χ1n) is 7.88. The van der Waals surface area contributed by atoms with E-state index in [0.717, 1.165) is 44.6 Å². The van der Waals surface area contributed by atoms with E-state index in [2.05, 4.69) is 22.8 Å². The summed E-state index contributed by atoms with van der Waals surface area (Å²) in [5, 5.41) is 6.35. The Morgan fingerprint density at radius 1 is 1.48 bits per heavy atom. The summed E-state index contributed by atoms with van der Waals surface area (Å²) in [6.07, 6.45) is 4.80. The fourth-order valence-corrected chi connectivity index (χ4v) is 2.73. The quantitative estimate of drug-likeness (QED) is 0.721. The van der Waals surface area contributed by atoms with Crippen molar-refractivity contribution in [3.63, 3.8) is 0 Å². The molecule has 1 aliphatic heterocycles. The zero-order valence-electron chi connectivity index (χ0n) is 12.9. The molecule has 0 bridgehead atoms. The van der Waals surface area contributed by atoms with Gasteiger partial charge in [-0.1, -0.05) is 12.1 Å². The number of hydrogen-bond donors (Lipinski definition) is 2. The number of carbonyl (C=O) groups excluding carboxylic acids is 1. The predicted molar refractivity (Wildman–Crippen MR) is 84.5 cm³/mol. The Hall–Kier alpha value is -1.55. The van der Waals surface area contributed by atoms with Crippen LogP contribution in [0.5, 0.6) is 5.75 Å². The van der Waals surface area contributed by atoms with Gasteiger partial charge in [-0.05, 0) is 62.4 Å². The average molecular weight is 290 g/mol. The Balaban J connectivity index is 1.57. The average Bonchev–Trinajstić information content (AvgIpc) is 3.03. The highest BCUT2D eigenvalue weighted by atomic mass is 16.5. The lowest BCUT2D eigenvalue weighted by Crippen LogP contribution is -2.25. The largest absolute Gasteiger partial charge is 0.497 e. The lowest BCUT2D eigenvalue weighted by atomic mass is 10.0. The van der Waals surface area contributed by atoms with Crippen LogP contribution in [0.4, 0.5) is 0 Å². The van der Waals surface area contributed by atoms with Crippen molar-refractivity contribution in [2.45, 2.75) is 32.1 Å². The Labute approximate surface area is 127 Å². The van der Waals surface area contributed by atoms with Gasteiger partial charge in [-0.15, -0.1) is 0 Å². The van der Waals surface area contributed by atoms with Crippen LogP contribution in [0.3, 0.4) is 0 Å². The molecule has 1 fully saturated rings. The second-order valence-corrected chi connectivity index (χ2v) is 5.70. The van der Waals surface area contributed by atoms with Crippen molar-refractivity contribution in [2.24, 2.45) is 5.92 Å². The summed E-state index contributed by atoms with van der Waals surface area (Å²) in [5.41, 5.74) is 1.25. The van der Waals surface area contributed by atoms with Gasteiger partial charge in [-0.2, -0.15) is 0 Å². The topological polar surface area (TPSA) is 50.4 Å². The molecular formula is C17H26N2O2. The summed E-state index contributed by atoms with van der Waals surface area (Å²) in [6.45, 7) is 2.93. The Bertz CT molecular complexity index is 442. The van der Waals surface area contributed by atoms with E-state index >= 15 is 0 Å². The predicted octanol–water partition coefficient (Wildman–Crippen LogP) is 2.13. The highest BCUT2D eigenvalue weighted by Gasteiger charge is 2.15. The lowest BCUT2D eigenvalue weighted by Gasteiger charge is -2.09. The van der Waals surface area contributed by atoms with Crippen molar-refractivity contribution in [1.29, 1.82) is 0 Å². The van der Waals surface area contributed by atoms with E-state index in [1.54, 1.807) is 7.11 Å². The number of methoxy groups -OCH3 is 1. The highest BCUT2D eigenvalue weighted by Crippen LogP contribution is 2.14. The third-order valence-electron chi connectivity index (χ3n) is 4.04.